The minimum atomic E-state index is -0.902. The maximum absolute atomic E-state index is 13.0. The zero-order valence-corrected chi connectivity index (χ0v) is 17.7. The van der Waals surface area contributed by atoms with Crippen LogP contribution in [0.15, 0.2) is 21.7 Å². The van der Waals surface area contributed by atoms with Gasteiger partial charge in [0.05, 0.1) is 0 Å². The number of aromatic amines is 1. The van der Waals surface area contributed by atoms with Gasteiger partial charge in [-0.2, -0.15) is 0 Å². The Balaban J connectivity index is 1.76. The van der Waals surface area contributed by atoms with Gasteiger partial charge in [-0.05, 0) is 56.8 Å². The molecule has 2 bridgehead atoms. The second-order valence-corrected chi connectivity index (χ2v) is 8.99. The second kappa shape index (κ2) is 7.56. The Morgan fingerprint density at radius 3 is 2.23 bits per heavy atom. The minimum Gasteiger partial charge on any atom is -0.478 e. The summed E-state index contributed by atoms with van der Waals surface area (Å²) in [5.74, 6) is -0.0926. The van der Waals surface area contributed by atoms with Crippen molar-refractivity contribution < 1.29 is 9.90 Å². The molecular weight excluding hydrogens is 384 g/mol. The van der Waals surface area contributed by atoms with Gasteiger partial charge in [0.15, 0.2) is 5.65 Å². The predicted molar refractivity (Wildman–Crippen MR) is 114 cm³/mol. The number of carboxylic acids is 1. The van der Waals surface area contributed by atoms with Gasteiger partial charge in [0, 0.05) is 24.6 Å². The zero-order valence-electron chi connectivity index (χ0n) is 17.7. The van der Waals surface area contributed by atoms with E-state index in [1.165, 1.54) is 10.6 Å². The Morgan fingerprint density at radius 2 is 1.67 bits per heavy atom. The highest BCUT2D eigenvalue weighted by atomic mass is 16.4. The van der Waals surface area contributed by atoms with Crippen LogP contribution in [0.25, 0.3) is 11.2 Å². The average Bonchev–Trinajstić information content (AvgIpc) is 3.20. The minimum absolute atomic E-state index is 0.0374. The lowest BCUT2D eigenvalue weighted by Gasteiger charge is -2.51. The van der Waals surface area contributed by atoms with E-state index in [1.54, 1.807) is 4.57 Å². The number of aliphatic carboxylic acids is 1. The van der Waals surface area contributed by atoms with Crippen molar-refractivity contribution >= 4 is 17.1 Å². The SMILES string of the molecule is CCCn1c(=O)c2[nH]c(C34CCC(C=CC(=O)O)(CC3)CC4)nc2n(CCC)c1=O. The van der Waals surface area contributed by atoms with Crippen molar-refractivity contribution in [2.24, 2.45) is 5.41 Å². The standard InChI is InChI=1S/C22H30N4O4/c1-3-13-25-17-16(18(29)26(14-4-2)20(25)30)23-19(24-17)22-10-7-21(8-11-22,9-12-22)6-5-15(27)28/h5-6H,3-4,7-14H2,1-2H3,(H,23,24)(H,27,28). The Morgan fingerprint density at radius 1 is 1.07 bits per heavy atom. The van der Waals surface area contributed by atoms with Crippen LogP contribution in [-0.2, 0) is 23.3 Å². The molecule has 162 valence electrons. The molecule has 0 aliphatic heterocycles. The van der Waals surface area contributed by atoms with Gasteiger partial charge in [-0.25, -0.2) is 14.6 Å². The Bertz CT molecular complexity index is 1100. The molecule has 3 saturated carbocycles. The molecule has 0 unspecified atom stereocenters. The lowest BCUT2D eigenvalue weighted by molar-refractivity contribution is -0.131. The molecule has 0 amide bonds. The van der Waals surface area contributed by atoms with Gasteiger partial charge in [-0.3, -0.25) is 13.9 Å². The third kappa shape index (κ3) is 3.22. The third-order valence-electron chi connectivity index (χ3n) is 7.14. The molecule has 2 heterocycles. The molecule has 0 atom stereocenters. The van der Waals surface area contributed by atoms with Gasteiger partial charge in [-0.15, -0.1) is 0 Å². The number of allylic oxidation sites excluding steroid dienone is 1. The first kappa shape index (κ1) is 20.6. The number of carbonyl (C=O) groups is 1. The maximum Gasteiger partial charge on any atom is 0.332 e. The Labute approximate surface area is 174 Å². The first-order valence-electron chi connectivity index (χ1n) is 11.0. The third-order valence-corrected chi connectivity index (χ3v) is 7.14. The lowest BCUT2D eigenvalue weighted by Crippen LogP contribution is -2.44. The molecule has 0 aromatic carbocycles. The number of fused-ring (bicyclic) bond motifs is 4. The molecule has 3 aliphatic rings. The van der Waals surface area contributed by atoms with E-state index in [1.807, 2.05) is 19.9 Å². The van der Waals surface area contributed by atoms with E-state index in [0.29, 0.717) is 30.7 Å². The highest BCUT2D eigenvalue weighted by Crippen LogP contribution is 2.57. The number of nitrogens with one attached hydrogen (secondary N) is 1. The van der Waals surface area contributed by atoms with Crippen LogP contribution in [-0.4, -0.2) is 30.2 Å². The van der Waals surface area contributed by atoms with E-state index in [9.17, 15) is 14.4 Å². The fraction of sp³-hybridized carbons (Fsp3) is 0.636. The molecule has 2 N–H and O–H groups in total. The van der Waals surface area contributed by atoms with Crippen molar-refractivity contribution in [3.05, 3.63) is 38.8 Å². The molecule has 0 spiro atoms. The Kier molecular flexibility index (Phi) is 5.20. The smallest absolute Gasteiger partial charge is 0.332 e. The van der Waals surface area contributed by atoms with Crippen LogP contribution in [0.5, 0.6) is 0 Å². The van der Waals surface area contributed by atoms with Crippen molar-refractivity contribution in [1.29, 1.82) is 0 Å². The normalized spacial score (nSPS) is 26.1. The average molecular weight is 415 g/mol. The Hall–Kier alpha value is -2.64. The predicted octanol–water partition coefficient (Wildman–Crippen LogP) is 2.94. The van der Waals surface area contributed by atoms with Gasteiger partial charge in [0.25, 0.3) is 5.56 Å². The van der Waals surface area contributed by atoms with Crippen molar-refractivity contribution in [3.8, 4) is 0 Å². The molecule has 30 heavy (non-hydrogen) atoms. The fourth-order valence-electron chi connectivity index (χ4n) is 5.33. The van der Waals surface area contributed by atoms with Gasteiger partial charge >= 0.3 is 11.7 Å². The van der Waals surface area contributed by atoms with E-state index in [-0.39, 0.29) is 22.1 Å². The van der Waals surface area contributed by atoms with Crippen LogP contribution in [0.4, 0.5) is 0 Å². The second-order valence-electron chi connectivity index (χ2n) is 8.99. The monoisotopic (exact) mass is 414 g/mol. The van der Waals surface area contributed by atoms with Crippen LogP contribution in [0.3, 0.4) is 0 Å². The molecule has 5 rings (SSSR count). The summed E-state index contributed by atoms with van der Waals surface area (Å²) in [7, 11) is 0. The van der Waals surface area contributed by atoms with E-state index < -0.39 is 5.97 Å². The van der Waals surface area contributed by atoms with E-state index in [2.05, 4.69) is 4.98 Å². The van der Waals surface area contributed by atoms with E-state index in [4.69, 9.17) is 10.1 Å². The summed E-state index contributed by atoms with van der Waals surface area (Å²) in [6.45, 7) is 4.88. The summed E-state index contributed by atoms with van der Waals surface area (Å²) in [4.78, 5) is 45.0. The number of H-pyrrole nitrogens is 1. The molecule has 8 heteroatoms. The summed E-state index contributed by atoms with van der Waals surface area (Å²) in [5.41, 5.74) is 0.157. The molecule has 0 radical (unpaired) electrons. The number of carboxylic acid groups (broad SMARTS) is 1. The summed E-state index contributed by atoms with van der Waals surface area (Å²) in [6, 6.07) is 0. The molecule has 3 aliphatic carbocycles. The zero-order chi connectivity index (χ0) is 21.5. The molecule has 8 nitrogen and oxygen atoms in total. The van der Waals surface area contributed by atoms with Crippen LogP contribution in [0.1, 0.15) is 71.0 Å². The molecule has 0 saturated heterocycles. The molecule has 2 aromatic heterocycles. The number of aromatic nitrogens is 4. The number of imidazole rings is 1. The summed E-state index contributed by atoms with van der Waals surface area (Å²) >= 11 is 0. The van der Waals surface area contributed by atoms with Gasteiger partial charge in [-0.1, -0.05) is 19.9 Å². The number of hydrogen-bond acceptors (Lipinski definition) is 4. The van der Waals surface area contributed by atoms with Gasteiger partial charge in [0.2, 0.25) is 0 Å². The van der Waals surface area contributed by atoms with Crippen LogP contribution in [0.2, 0.25) is 0 Å². The maximum atomic E-state index is 13.0. The van der Waals surface area contributed by atoms with Gasteiger partial charge < -0.3 is 10.1 Å². The summed E-state index contributed by atoms with van der Waals surface area (Å²) < 4.78 is 2.95. The molecule has 2 aromatic rings. The van der Waals surface area contributed by atoms with Gasteiger partial charge in [0.1, 0.15) is 11.3 Å². The van der Waals surface area contributed by atoms with Crippen molar-refractivity contribution in [2.75, 3.05) is 0 Å². The summed E-state index contributed by atoms with van der Waals surface area (Å²) in [5, 5.41) is 8.99. The van der Waals surface area contributed by atoms with Crippen molar-refractivity contribution in [3.63, 3.8) is 0 Å². The largest absolute Gasteiger partial charge is 0.478 e. The first-order chi connectivity index (χ1) is 14.3. The van der Waals surface area contributed by atoms with Crippen LogP contribution >= 0.6 is 0 Å². The number of rotatable bonds is 7. The van der Waals surface area contributed by atoms with E-state index in [0.717, 1.165) is 50.8 Å². The molecule has 3 fully saturated rings. The molecular formula is C22H30N4O4. The highest BCUT2D eigenvalue weighted by Gasteiger charge is 2.50. The first-order valence-corrected chi connectivity index (χ1v) is 11.0. The lowest BCUT2D eigenvalue weighted by atomic mass is 9.53. The summed E-state index contributed by atoms with van der Waals surface area (Å²) in [6.07, 6.45) is 10.1. The highest BCUT2D eigenvalue weighted by molar-refractivity contribution is 5.79. The number of aryl methyl sites for hydroxylation is 1. The fourth-order valence-corrected chi connectivity index (χ4v) is 5.33. The van der Waals surface area contributed by atoms with Crippen molar-refractivity contribution in [2.45, 2.75) is 83.7 Å². The van der Waals surface area contributed by atoms with E-state index >= 15 is 0 Å². The number of nitrogens with zero attached hydrogens (tertiary/aromatic N) is 3. The van der Waals surface area contributed by atoms with Crippen LogP contribution < -0.4 is 11.2 Å². The number of hydrogen-bond donors (Lipinski definition) is 2. The topological polar surface area (TPSA) is 110 Å². The van der Waals surface area contributed by atoms with Crippen LogP contribution in [0, 0.1) is 5.41 Å². The quantitative estimate of drug-likeness (QED) is 0.677. The van der Waals surface area contributed by atoms with Crippen molar-refractivity contribution in [1.82, 2.24) is 19.1 Å².